The summed E-state index contributed by atoms with van der Waals surface area (Å²) >= 11 is 0. The Morgan fingerprint density at radius 2 is 1.46 bits per heavy atom. The Bertz CT molecular complexity index is 730. The molecule has 0 amide bonds. The molecule has 1 saturated heterocycles. The van der Waals surface area contributed by atoms with Crippen LogP contribution in [0.15, 0.2) is 48.5 Å². The molecule has 0 unspecified atom stereocenters. The number of hydrogen-bond donors (Lipinski definition) is 0. The molecule has 26 heavy (non-hydrogen) atoms. The Kier molecular flexibility index (Phi) is 6.71. The van der Waals surface area contributed by atoms with Crippen LogP contribution in [0.3, 0.4) is 0 Å². The van der Waals surface area contributed by atoms with Crippen LogP contribution in [0.1, 0.15) is 49.3 Å². The summed E-state index contributed by atoms with van der Waals surface area (Å²) in [4.78, 5) is 0. The fourth-order valence-electron chi connectivity index (χ4n) is 2.81. The van der Waals surface area contributed by atoms with E-state index >= 15 is 0 Å². The molecule has 2 aromatic carbocycles. The molecule has 0 radical (unpaired) electrons. The molecular weight excluding hydrogens is 324 g/mol. The number of hydrogen-bond acceptors (Lipinski definition) is 3. The Labute approximate surface area is 156 Å². The molecule has 3 heteroatoms. The fraction of sp³-hybridized carbons (Fsp3) is 0.391. The lowest BCUT2D eigenvalue weighted by molar-refractivity contribution is -0.187. The highest BCUT2D eigenvalue weighted by molar-refractivity contribution is 5.45. The van der Waals surface area contributed by atoms with E-state index in [4.69, 9.17) is 14.2 Å². The molecule has 136 valence electrons. The van der Waals surface area contributed by atoms with Crippen molar-refractivity contribution in [1.29, 1.82) is 0 Å². The van der Waals surface area contributed by atoms with Crippen molar-refractivity contribution >= 4 is 0 Å². The Balaban J connectivity index is 1.59. The topological polar surface area (TPSA) is 27.7 Å². The first-order valence-electron chi connectivity index (χ1n) is 9.36. The van der Waals surface area contributed by atoms with Gasteiger partial charge >= 0.3 is 0 Å². The van der Waals surface area contributed by atoms with Crippen LogP contribution in [0.5, 0.6) is 5.75 Å². The molecule has 1 fully saturated rings. The maximum Gasteiger partial charge on any atom is 0.157 e. The molecule has 0 spiro atoms. The first kappa shape index (κ1) is 18.5. The largest absolute Gasteiger partial charge is 0.494 e. The third-order valence-electron chi connectivity index (χ3n) is 4.36. The molecule has 0 aromatic heterocycles. The van der Waals surface area contributed by atoms with Crippen LogP contribution in [0.2, 0.25) is 0 Å². The van der Waals surface area contributed by atoms with Crippen LogP contribution in [0.25, 0.3) is 0 Å². The first-order valence-corrected chi connectivity index (χ1v) is 9.36. The lowest BCUT2D eigenvalue weighted by atomic mass is 9.99. The van der Waals surface area contributed by atoms with Gasteiger partial charge in [0.2, 0.25) is 0 Å². The van der Waals surface area contributed by atoms with Gasteiger partial charge in [0.05, 0.1) is 19.8 Å². The second kappa shape index (κ2) is 9.43. The molecule has 1 heterocycles. The predicted octanol–water partition coefficient (Wildman–Crippen LogP) is 4.74. The molecule has 0 atom stereocenters. The molecule has 1 aliphatic rings. The van der Waals surface area contributed by atoms with Crippen LogP contribution in [-0.2, 0) is 9.47 Å². The lowest BCUT2D eigenvalue weighted by Gasteiger charge is -2.29. The third kappa shape index (κ3) is 5.11. The number of ether oxygens (including phenoxy) is 3. The summed E-state index contributed by atoms with van der Waals surface area (Å²) < 4.78 is 17.0. The molecule has 3 rings (SSSR count). The zero-order chi connectivity index (χ0) is 18.2. The van der Waals surface area contributed by atoms with Crippen molar-refractivity contribution in [2.45, 2.75) is 38.9 Å². The van der Waals surface area contributed by atoms with Crippen molar-refractivity contribution in [1.82, 2.24) is 0 Å². The summed E-state index contributed by atoms with van der Waals surface area (Å²) in [5, 5.41) is 0. The second-order valence-corrected chi connectivity index (χ2v) is 6.45. The van der Waals surface area contributed by atoms with E-state index in [1.807, 2.05) is 24.3 Å². The minimum Gasteiger partial charge on any atom is -0.494 e. The van der Waals surface area contributed by atoms with E-state index in [0.29, 0.717) is 5.92 Å². The van der Waals surface area contributed by atoms with E-state index in [1.165, 1.54) is 5.56 Å². The van der Waals surface area contributed by atoms with Gasteiger partial charge in [0.15, 0.2) is 6.29 Å². The molecule has 0 bridgehead atoms. The normalized spacial score (nSPS) is 19.5. The van der Waals surface area contributed by atoms with E-state index in [2.05, 4.69) is 50.0 Å². The van der Waals surface area contributed by atoms with Gasteiger partial charge in [0.1, 0.15) is 5.75 Å². The molecule has 3 nitrogen and oxygen atoms in total. The van der Waals surface area contributed by atoms with E-state index in [1.54, 1.807) is 0 Å². The van der Waals surface area contributed by atoms with Crippen molar-refractivity contribution in [3.63, 3.8) is 0 Å². The van der Waals surface area contributed by atoms with Crippen LogP contribution >= 0.6 is 0 Å². The third-order valence-corrected chi connectivity index (χ3v) is 4.36. The fourth-order valence-corrected chi connectivity index (χ4v) is 2.81. The standard InChI is InChI=1S/C23H26O3/c1-3-15-24-22-13-9-19(10-14-22)6-5-18-7-11-20(12-8-18)21-16-25-23(4-2)26-17-21/h7-14,21,23H,3-4,15-17H2,1-2H3. The van der Waals surface area contributed by atoms with Crippen molar-refractivity contribution < 1.29 is 14.2 Å². The van der Waals surface area contributed by atoms with Crippen molar-refractivity contribution in [3.8, 4) is 17.6 Å². The monoisotopic (exact) mass is 350 g/mol. The second-order valence-electron chi connectivity index (χ2n) is 6.45. The van der Waals surface area contributed by atoms with Crippen molar-refractivity contribution in [2.24, 2.45) is 0 Å². The van der Waals surface area contributed by atoms with Crippen molar-refractivity contribution in [2.75, 3.05) is 19.8 Å². The average molecular weight is 350 g/mol. The highest BCUT2D eigenvalue weighted by Gasteiger charge is 2.21. The van der Waals surface area contributed by atoms with Crippen LogP contribution < -0.4 is 4.74 Å². The van der Waals surface area contributed by atoms with Gasteiger partial charge < -0.3 is 14.2 Å². The predicted molar refractivity (Wildman–Crippen MR) is 103 cm³/mol. The van der Waals surface area contributed by atoms with Gasteiger partial charge in [-0.25, -0.2) is 0 Å². The van der Waals surface area contributed by atoms with Gasteiger partial charge in [-0.05, 0) is 54.8 Å². The van der Waals surface area contributed by atoms with Crippen molar-refractivity contribution in [3.05, 3.63) is 65.2 Å². The molecule has 2 aromatic rings. The summed E-state index contributed by atoms with van der Waals surface area (Å²) in [7, 11) is 0. The minimum atomic E-state index is -0.0462. The molecule has 0 saturated carbocycles. The Morgan fingerprint density at radius 3 is 2.00 bits per heavy atom. The maximum absolute atomic E-state index is 5.70. The Hall–Kier alpha value is -2.28. The van der Waals surface area contributed by atoms with E-state index in [9.17, 15) is 0 Å². The Morgan fingerprint density at radius 1 is 0.885 bits per heavy atom. The van der Waals surface area contributed by atoms with E-state index in [-0.39, 0.29) is 6.29 Å². The van der Waals surface area contributed by atoms with E-state index in [0.717, 1.165) is 49.5 Å². The van der Waals surface area contributed by atoms with Crippen LogP contribution in [0, 0.1) is 11.8 Å². The van der Waals surface area contributed by atoms with Crippen LogP contribution in [-0.4, -0.2) is 26.1 Å². The summed E-state index contributed by atoms with van der Waals surface area (Å²) in [6, 6.07) is 16.3. The van der Waals surface area contributed by atoms with Gasteiger partial charge in [0, 0.05) is 17.0 Å². The summed E-state index contributed by atoms with van der Waals surface area (Å²) in [5.41, 5.74) is 3.23. The minimum absolute atomic E-state index is 0.0462. The van der Waals surface area contributed by atoms with Gasteiger partial charge in [0.25, 0.3) is 0 Å². The number of rotatable bonds is 5. The van der Waals surface area contributed by atoms with E-state index < -0.39 is 0 Å². The van der Waals surface area contributed by atoms with Gasteiger partial charge in [-0.3, -0.25) is 0 Å². The molecular formula is C23H26O3. The smallest absolute Gasteiger partial charge is 0.157 e. The first-order chi connectivity index (χ1) is 12.8. The summed E-state index contributed by atoms with van der Waals surface area (Å²) in [6.45, 7) is 6.35. The van der Waals surface area contributed by atoms with Gasteiger partial charge in [-0.2, -0.15) is 0 Å². The zero-order valence-corrected chi connectivity index (χ0v) is 15.5. The maximum atomic E-state index is 5.70. The number of benzene rings is 2. The highest BCUT2D eigenvalue weighted by Crippen LogP contribution is 2.23. The SMILES string of the molecule is CCCOc1ccc(C#Cc2ccc(C3COC(CC)OC3)cc2)cc1. The zero-order valence-electron chi connectivity index (χ0n) is 15.5. The quantitative estimate of drug-likeness (QED) is 0.729. The van der Waals surface area contributed by atoms with Crippen LogP contribution in [0.4, 0.5) is 0 Å². The summed E-state index contributed by atoms with van der Waals surface area (Å²) in [6.07, 6.45) is 1.86. The molecule has 0 N–H and O–H groups in total. The highest BCUT2D eigenvalue weighted by atomic mass is 16.7. The molecule has 0 aliphatic carbocycles. The lowest BCUT2D eigenvalue weighted by Crippen LogP contribution is -2.30. The molecule has 1 aliphatic heterocycles. The average Bonchev–Trinajstić information content (AvgIpc) is 2.72. The van der Waals surface area contributed by atoms with Gasteiger partial charge in [-0.15, -0.1) is 0 Å². The summed E-state index contributed by atoms with van der Waals surface area (Å²) in [5.74, 6) is 7.61. The van der Waals surface area contributed by atoms with Gasteiger partial charge in [-0.1, -0.05) is 37.8 Å².